The molecule has 0 aliphatic carbocycles. The minimum Gasteiger partial charge on any atom is -0.491 e. The van der Waals surface area contributed by atoms with Gasteiger partial charge in [0.25, 0.3) is 0 Å². The second kappa shape index (κ2) is 10.8. The van der Waals surface area contributed by atoms with E-state index in [1.165, 1.54) is 12.1 Å². The van der Waals surface area contributed by atoms with Crippen LogP contribution in [0, 0.1) is 0 Å². The second-order valence-electron chi connectivity index (χ2n) is 5.93. The molecule has 28 heavy (non-hydrogen) atoms. The number of sulfonamides is 1. The maximum Gasteiger partial charge on any atom is 0.324 e. The van der Waals surface area contributed by atoms with Gasteiger partial charge in [0.05, 0.1) is 18.1 Å². The molecular formula is C20H25NO6S. The lowest BCUT2D eigenvalue weighted by Crippen LogP contribution is -2.43. The Morgan fingerprint density at radius 1 is 1.04 bits per heavy atom. The van der Waals surface area contributed by atoms with Gasteiger partial charge < -0.3 is 14.2 Å². The average molecular weight is 407 g/mol. The summed E-state index contributed by atoms with van der Waals surface area (Å²) in [5, 5.41) is 0. The molecule has 0 saturated carbocycles. The molecule has 2 aromatic rings. The number of esters is 1. The molecule has 0 aliphatic rings. The molecule has 0 radical (unpaired) electrons. The molecule has 1 N–H and O–H groups in total. The minimum atomic E-state index is -3.92. The SMILES string of the molecule is CCOC(=O)C(Cc1ccccc1)NS(=O)(=O)c1ccc(OCCOC)cc1. The van der Waals surface area contributed by atoms with Crippen LogP contribution in [0.2, 0.25) is 0 Å². The van der Waals surface area contributed by atoms with Crippen LogP contribution in [-0.2, 0) is 30.7 Å². The van der Waals surface area contributed by atoms with Crippen LogP contribution in [0.25, 0.3) is 0 Å². The van der Waals surface area contributed by atoms with Crippen molar-refractivity contribution < 1.29 is 27.4 Å². The predicted octanol–water partition coefficient (Wildman–Crippen LogP) is 2.16. The van der Waals surface area contributed by atoms with E-state index in [0.29, 0.717) is 19.0 Å². The van der Waals surface area contributed by atoms with Crippen molar-refractivity contribution in [2.24, 2.45) is 0 Å². The summed E-state index contributed by atoms with van der Waals surface area (Å²) in [6.45, 7) is 2.64. The molecule has 0 bridgehead atoms. The summed E-state index contributed by atoms with van der Waals surface area (Å²) in [6.07, 6.45) is 0.192. The van der Waals surface area contributed by atoms with E-state index in [1.807, 2.05) is 30.3 Å². The number of carbonyl (C=O) groups excluding carboxylic acids is 1. The summed E-state index contributed by atoms with van der Waals surface area (Å²) in [7, 11) is -2.35. The number of ether oxygens (including phenoxy) is 3. The van der Waals surface area contributed by atoms with Gasteiger partial charge in [0.15, 0.2) is 0 Å². The Morgan fingerprint density at radius 3 is 2.32 bits per heavy atom. The highest BCUT2D eigenvalue weighted by molar-refractivity contribution is 7.89. The molecule has 0 amide bonds. The summed E-state index contributed by atoms with van der Waals surface area (Å²) >= 11 is 0. The summed E-state index contributed by atoms with van der Waals surface area (Å²) < 4.78 is 43.3. The third-order valence-electron chi connectivity index (χ3n) is 3.84. The monoisotopic (exact) mass is 407 g/mol. The third-order valence-corrected chi connectivity index (χ3v) is 5.33. The lowest BCUT2D eigenvalue weighted by Gasteiger charge is -2.18. The maximum absolute atomic E-state index is 12.7. The first-order valence-corrected chi connectivity index (χ1v) is 10.4. The fourth-order valence-electron chi connectivity index (χ4n) is 2.48. The molecule has 7 nitrogen and oxygen atoms in total. The van der Waals surface area contributed by atoms with E-state index < -0.39 is 22.0 Å². The van der Waals surface area contributed by atoms with Crippen LogP contribution in [0.4, 0.5) is 0 Å². The van der Waals surface area contributed by atoms with Gasteiger partial charge in [-0.05, 0) is 43.2 Å². The highest BCUT2D eigenvalue weighted by Crippen LogP contribution is 2.17. The van der Waals surface area contributed by atoms with Crippen LogP contribution < -0.4 is 9.46 Å². The van der Waals surface area contributed by atoms with Crippen molar-refractivity contribution in [3.63, 3.8) is 0 Å². The van der Waals surface area contributed by atoms with Gasteiger partial charge in [-0.2, -0.15) is 4.72 Å². The van der Waals surface area contributed by atoms with Crippen molar-refractivity contribution in [3.05, 3.63) is 60.2 Å². The van der Waals surface area contributed by atoms with Crippen LogP contribution in [-0.4, -0.2) is 47.4 Å². The zero-order valence-corrected chi connectivity index (χ0v) is 16.8. The molecule has 0 heterocycles. The topological polar surface area (TPSA) is 90.9 Å². The van der Waals surface area contributed by atoms with Crippen LogP contribution in [0.15, 0.2) is 59.5 Å². The Kier molecular flexibility index (Phi) is 8.43. The van der Waals surface area contributed by atoms with Crippen LogP contribution in [0.5, 0.6) is 5.75 Å². The summed E-state index contributed by atoms with van der Waals surface area (Å²) in [5.74, 6) is -0.0864. The molecule has 0 fully saturated rings. The highest BCUT2D eigenvalue weighted by atomic mass is 32.2. The van der Waals surface area contributed by atoms with Gasteiger partial charge in [-0.15, -0.1) is 0 Å². The quantitative estimate of drug-likeness (QED) is 0.453. The predicted molar refractivity (Wildman–Crippen MR) is 105 cm³/mol. The largest absolute Gasteiger partial charge is 0.491 e. The van der Waals surface area contributed by atoms with Gasteiger partial charge in [0, 0.05) is 7.11 Å². The fourth-order valence-corrected chi connectivity index (χ4v) is 3.66. The zero-order valence-electron chi connectivity index (χ0n) is 16.0. The Hall–Kier alpha value is -2.42. The molecule has 0 aromatic heterocycles. The van der Waals surface area contributed by atoms with E-state index in [2.05, 4.69) is 4.72 Å². The van der Waals surface area contributed by atoms with E-state index in [9.17, 15) is 13.2 Å². The van der Waals surface area contributed by atoms with E-state index in [0.717, 1.165) is 5.56 Å². The van der Waals surface area contributed by atoms with Crippen molar-refractivity contribution in [1.82, 2.24) is 4.72 Å². The minimum absolute atomic E-state index is 0.0361. The van der Waals surface area contributed by atoms with Gasteiger partial charge in [0.1, 0.15) is 18.4 Å². The molecule has 0 spiro atoms. The zero-order chi connectivity index (χ0) is 20.4. The highest BCUT2D eigenvalue weighted by Gasteiger charge is 2.27. The van der Waals surface area contributed by atoms with Crippen molar-refractivity contribution in [3.8, 4) is 5.75 Å². The Bertz CT molecular complexity index is 837. The van der Waals surface area contributed by atoms with E-state index in [1.54, 1.807) is 26.2 Å². The standard InChI is InChI=1S/C20H25NO6S/c1-3-26-20(22)19(15-16-7-5-4-6-8-16)21-28(23,24)18-11-9-17(10-12-18)27-14-13-25-2/h4-12,19,21H,3,13-15H2,1-2H3. The molecule has 2 aromatic carbocycles. The molecule has 8 heteroatoms. The van der Waals surface area contributed by atoms with Crippen molar-refractivity contribution in [1.29, 1.82) is 0 Å². The van der Waals surface area contributed by atoms with E-state index >= 15 is 0 Å². The van der Waals surface area contributed by atoms with Crippen LogP contribution in [0.1, 0.15) is 12.5 Å². The molecule has 0 aliphatic heterocycles. The summed E-state index contributed by atoms with van der Waals surface area (Å²) in [6, 6.07) is 14.1. The number of rotatable bonds is 11. The van der Waals surface area contributed by atoms with Gasteiger partial charge in [0.2, 0.25) is 10.0 Å². The van der Waals surface area contributed by atoms with Gasteiger partial charge >= 0.3 is 5.97 Å². The number of methoxy groups -OCH3 is 1. The van der Waals surface area contributed by atoms with Gasteiger partial charge in [-0.25, -0.2) is 8.42 Å². The molecule has 152 valence electrons. The number of hydrogen-bond donors (Lipinski definition) is 1. The van der Waals surface area contributed by atoms with E-state index in [4.69, 9.17) is 14.2 Å². The summed E-state index contributed by atoms with van der Waals surface area (Å²) in [5.41, 5.74) is 0.824. The normalized spacial score (nSPS) is 12.4. The first kappa shape index (κ1) is 21.9. The molecule has 1 unspecified atom stereocenters. The fraction of sp³-hybridized carbons (Fsp3) is 0.350. The smallest absolute Gasteiger partial charge is 0.324 e. The number of hydrogen-bond acceptors (Lipinski definition) is 6. The number of nitrogens with one attached hydrogen (secondary N) is 1. The van der Waals surface area contributed by atoms with Crippen LogP contribution >= 0.6 is 0 Å². The summed E-state index contributed by atoms with van der Waals surface area (Å²) in [4.78, 5) is 12.3. The van der Waals surface area contributed by atoms with Crippen molar-refractivity contribution in [2.75, 3.05) is 26.9 Å². The Balaban J connectivity index is 2.13. The molecule has 2 rings (SSSR count). The second-order valence-corrected chi connectivity index (χ2v) is 7.64. The Labute approximate surface area is 165 Å². The first-order chi connectivity index (χ1) is 13.5. The third kappa shape index (κ3) is 6.63. The first-order valence-electron chi connectivity index (χ1n) is 8.91. The molecule has 0 saturated heterocycles. The number of benzene rings is 2. The average Bonchev–Trinajstić information content (AvgIpc) is 2.69. The maximum atomic E-state index is 12.7. The molecular weight excluding hydrogens is 382 g/mol. The Morgan fingerprint density at radius 2 is 1.71 bits per heavy atom. The lowest BCUT2D eigenvalue weighted by molar-refractivity contribution is -0.145. The lowest BCUT2D eigenvalue weighted by atomic mass is 10.1. The van der Waals surface area contributed by atoms with Crippen molar-refractivity contribution >= 4 is 16.0 Å². The number of carbonyl (C=O) groups is 1. The van der Waals surface area contributed by atoms with Crippen molar-refractivity contribution in [2.45, 2.75) is 24.3 Å². The van der Waals surface area contributed by atoms with Gasteiger partial charge in [-0.3, -0.25) is 4.79 Å². The van der Waals surface area contributed by atoms with Crippen LogP contribution in [0.3, 0.4) is 0 Å². The molecule has 1 atom stereocenters. The van der Waals surface area contributed by atoms with Gasteiger partial charge in [-0.1, -0.05) is 30.3 Å². The van der Waals surface area contributed by atoms with E-state index in [-0.39, 0.29) is 17.9 Å².